The summed E-state index contributed by atoms with van der Waals surface area (Å²) in [5.74, 6) is 6.68. The Morgan fingerprint density at radius 2 is 2.00 bits per heavy atom. The van der Waals surface area contributed by atoms with Crippen LogP contribution in [0.3, 0.4) is 0 Å². The van der Waals surface area contributed by atoms with Crippen LogP contribution in [0.4, 0.5) is 20.3 Å². The van der Waals surface area contributed by atoms with Gasteiger partial charge in [-0.2, -0.15) is 5.26 Å². The first kappa shape index (κ1) is 28.4. The van der Waals surface area contributed by atoms with Crippen LogP contribution in [-0.2, 0) is 0 Å². The van der Waals surface area contributed by atoms with Gasteiger partial charge in [-0.05, 0) is 43.4 Å². The van der Waals surface area contributed by atoms with Gasteiger partial charge in [-0.3, -0.25) is 4.98 Å². The number of anilines is 2. The highest BCUT2D eigenvalue weighted by molar-refractivity contribution is 7.26. The molecule has 12 heteroatoms. The fourth-order valence-electron chi connectivity index (χ4n) is 4.31. The first-order valence-corrected chi connectivity index (χ1v) is 13.1. The molecule has 206 valence electrons. The van der Waals surface area contributed by atoms with Gasteiger partial charge in [0.2, 0.25) is 0 Å². The van der Waals surface area contributed by atoms with Crippen molar-refractivity contribution in [3.63, 3.8) is 0 Å². The van der Waals surface area contributed by atoms with Crippen LogP contribution in [0.25, 0.3) is 10.9 Å². The largest absolute Gasteiger partial charge is 0.399 e. The number of nitrogens with zero attached hydrogens (tertiary/aromatic N) is 5. The number of alkyl halides is 2. The quantitative estimate of drug-likeness (QED) is 0.175. The fraction of sp³-hybridized carbons (Fsp3) is 0.407. The molecule has 0 bridgehead atoms. The number of nitrogens with one attached hydrogen (secondary N) is 2. The van der Waals surface area contributed by atoms with E-state index in [4.69, 9.17) is 11.6 Å². The number of benzene rings is 1. The zero-order valence-corrected chi connectivity index (χ0v) is 23.6. The third-order valence-electron chi connectivity index (χ3n) is 6.72. The molecule has 0 amide bonds. The van der Waals surface area contributed by atoms with Crippen molar-refractivity contribution >= 4 is 37.1 Å². The normalized spacial score (nSPS) is 15.6. The number of nitrogens with two attached hydrogens (primary N) is 2. The predicted octanol–water partition coefficient (Wildman–Crippen LogP) is 4.09. The van der Waals surface area contributed by atoms with Crippen molar-refractivity contribution in [2.24, 2.45) is 17.0 Å². The number of aryl methyl sites for hydroxylation is 1. The first-order valence-electron chi connectivity index (χ1n) is 12.6. The smallest absolute Gasteiger partial charge is 0.262 e. The van der Waals surface area contributed by atoms with E-state index in [1.165, 1.54) is 12.5 Å². The van der Waals surface area contributed by atoms with Crippen LogP contribution in [0.15, 0.2) is 42.5 Å². The molecule has 0 saturated heterocycles. The van der Waals surface area contributed by atoms with Crippen LogP contribution >= 0.6 is 9.24 Å². The van der Waals surface area contributed by atoms with Gasteiger partial charge in [-0.15, -0.1) is 0 Å². The molecule has 0 spiro atoms. The minimum atomic E-state index is -2.60. The van der Waals surface area contributed by atoms with Gasteiger partial charge in [0.05, 0.1) is 28.3 Å². The lowest BCUT2D eigenvalue weighted by Gasteiger charge is -2.28. The van der Waals surface area contributed by atoms with Gasteiger partial charge in [0, 0.05) is 35.1 Å². The summed E-state index contributed by atoms with van der Waals surface area (Å²) in [5.41, 5.74) is 8.96. The van der Waals surface area contributed by atoms with E-state index in [0.29, 0.717) is 40.2 Å². The monoisotopic (exact) mass is 553 g/mol. The van der Waals surface area contributed by atoms with Crippen LogP contribution < -0.4 is 27.6 Å². The third kappa shape index (κ3) is 6.18. The molecule has 1 aromatic carbocycles. The maximum Gasteiger partial charge on any atom is 0.262 e. The molecule has 1 saturated carbocycles. The second-order valence-electron chi connectivity index (χ2n) is 11.1. The maximum atomic E-state index is 13.7. The second kappa shape index (κ2) is 10.9. The Morgan fingerprint density at radius 3 is 2.59 bits per heavy atom. The zero-order chi connectivity index (χ0) is 28.5. The highest BCUT2D eigenvalue weighted by Crippen LogP contribution is 2.45. The summed E-state index contributed by atoms with van der Waals surface area (Å²) in [6.07, 6.45) is 0.751. The van der Waals surface area contributed by atoms with E-state index in [-0.39, 0.29) is 24.0 Å². The van der Waals surface area contributed by atoms with Crippen LogP contribution in [0, 0.1) is 23.7 Å². The first-order chi connectivity index (χ1) is 18.3. The van der Waals surface area contributed by atoms with Gasteiger partial charge < -0.3 is 21.4 Å². The minimum Gasteiger partial charge on any atom is -0.399 e. The second-order valence-corrected chi connectivity index (χ2v) is 11.7. The Labute approximate surface area is 229 Å². The summed E-state index contributed by atoms with van der Waals surface area (Å²) in [6, 6.07) is 8.75. The molecule has 2 atom stereocenters. The fourth-order valence-corrected chi connectivity index (χ4v) is 4.60. The molecule has 9 nitrogen and oxygen atoms in total. The van der Waals surface area contributed by atoms with Gasteiger partial charge in [-0.1, -0.05) is 36.1 Å². The van der Waals surface area contributed by atoms with Gasteiger partial charge in [0.1, 0.15) is 23.8 Å². The molecule has 6 N–H and O–H groups in total. The van der Waals surface area contributed by atoms with Crippen molar-refractivity contribution in [2.45, 2.75) is 58.5 Å². The number of nitriles is 1. The minimum absolute atomic E-state index is 0.00493. The van der Waals surface area contributed by atoms with E-state index in [2.05, 4.69) is 61.7 Å². The number of hydrogen-bond acceptors (Lipinski definition) is 9. The van der Waals surface area contributed by atoms with Crippen molar-refractivity contribution in [1.82, 2.24) is 20.0 Å². The number of pyridine rings is 1. The lowest BCUT2D eigenvalue weighted by Crippen LogP contribution is -2.44. The van der Waals surface area contributed by atoms with Crippen molar-refractivity contribution < 1.29 is 8.78 Å². The molecule has 3 aromatic rings. The van der Waals surface area contributed by atoms with E-state index in [1.807, 2.05) is 25.1 Å². The number of halogens is 2. The zero-order valence-electron chi connectivity index (χ0n) is 22.5. The van der Waals surface area contributed by atoms with E-state index in [9.17, 15) is 14.0 Å². The Hall–Kier alpha value is -3.61. The maximum absolute atomic E-state index is 13.7. The summed E-state index contributed by atoms with van der Waals surface area (Å²) in [4.78, 5) is 13.3. The van der Waals surface area contributed by atoms with Gasteiger partial charge >= 0.3 is 0 Å². The van der Waals surface area contributed by atoms with E-state index in [0.717, 1.165) is 16.0 Å². The molecule has 1 fully saturated rings. The van der Waals surface area contributed by atoms with Crippen molar-refractivity contribution in [3.05, 3.63) is 59.3 Å². The SMILES string of the molecule is Cc1nc(P)ccc1C(Nc1cc(C#N)c2ncnc(NCC(C)(C)C)c2c1)/C(N)=C/N(N)C1(C(F)F)CC1. The van der Waals surface area contributed by atoms with Crippen molar-refractivity contribution in [2.75, 3.05) is 17.2 Å². The van der Waals surface area contributed by atoms with E-state index in [1.54, 1.807) is 6.07 Å². The summed E-state index contributed by atoms with van der Waals surface area (Å²) in [5, 5.41) is 18.3. The van der Waals surface area contributed by atoms with Gasteiger partial charge in [0.15, 0.2) is 0 Å². The molecular formula is C27H34F2N9P. The molecule has 4 rings (SSSR count). The summed E-state index contributed by atoms with van der Waals surface area (Å²) >= 11 is 0. The topological polar surface area (TPSA) is 142 Å². The molecule has 2 aromatic heterocycles. The highest BCUT2D eigenvalue weighted by atomic mass is 31.0. The molecule has 1 aliphatic carbocycles. The number of hydrazine groups is 1. The molecule has 0 radical (unpaired) electrons. The van der Waals surface area contributed by atoms with Crippen LogP contribution in [0.1, 0.15) is 56.5 Å². The van der Waals surface area contributed by atoms with E-state index >= 15 is 0 Å². The average molecular weight is 554 g/mol. The Kier molecular flexibility index (Phi) is 7.92. The van der Waals surface area contributed by atoms with Crippen LogP contribution in [-0.4, -0.2) is 38.5 Å². The lowest BCUT2D eigenvalue weighted by molar-refractivity contribution is 0.0305. The van der Waals surface area contributed by atoms with Crippen LogP contribution in [0.2, 0.25) is 0 Å². The molecule has 0 aliphatic heterocycles. The summed E-state index contributed by atoms with van der Waals surface area (Å²) in [6.45, 7) is 8.81. The van der Waals surface area contributed by atoms with Gasteiger partial charge in [-0.25, -0.2) is 24.6 Å². The predicted molar refractivity (Wildman–Crippen MR) is 153 cm³/mol. The Balaban J connectivity index is 1.78. The molecular weight excluding hydrogens is 519 g/mol. The molecule has 39 heavy (non-hydrogen) atoms. The summed E-state index contributed by atoms with van der Waals surface area (Å²) < 4.78 is 27.4. The molecule has 2 unspecified atom stereocenters. The summed E-state index contributed by atoms with van der Waals surface area (Å²) in [7, 11) is 2.55. The van der Waals surface area contributed by atoms with Crippen LogP contribution in [0.5, 0.6) is 0 Å². The van der Waals surface area contributed by atoms with Crippen molar-refractivity contribution in [3.8, 4) is 6.07 Å². The highest BCUT2D eigenvalue weighted by Gasteiger charge is 2.54. The Morgan fingerprint density at radius 1 is 1.28 bits per heavy atom. The number of fused-ring (bicyclic) bond motifs is 1. The number of rotatable bonds is 9. The number of hydrogen-bond donors (Lipinski definition) is 4. The lowest BCUT2D eigenvalue weighted by atomic mass is 9.97. The van der Waals surface area contributed by atoms with Gasteiger partial charge in [0.25, 0.3) is 6.43 Å². The number of aromatic nitrogens is 3. The standard InChI is InChI=1S/C27H34F2N9P/c1-15-18(5-6-21(39)36-15)23(20(31)12-38(32)27(7-8-27)25(28)29)37-17-9-16(11-30)22-19(10-17)24(35-14-34-22)33-13-26(2,3)4/h5-6,9-10,12,14,23,25,37H,7-8,13,31-32,39H2,1-4H3,(H,33,34,35)/b20-12-. The van der Waals surface area contributed by atoms with Crippen molar-refractivity contribution in [1.29, 1.82) is 5.26 Å². The molecule has 2 heterocycles. The third-order valence-corrected chi connectivity index (χ3v) is 7.04. The molecule has 1 aliphatic rings. The average Bonchev–Trinajstić information content (AvgIpc) is 3.68. The van der Waals surface area contributed by atoms with E-state index < -0.39 is 18.0 Å². The Bertz CT molecular complexity index is 1440.